The van der Waals surface area contributed by atoms with E-state index >= 15 is 0 Å². The minimum absolute atomic E-state index is 0. The minimum atomic E-state index is -0.573. The van der Waals surface area contributed by atoms with E-state index in [1.807, 2.05) is 19.1 Å². The van der Waals surface area contributed by atoms with Crippen LogP contribution in [-0.4, -0.2) is 5.91 Å². The first-order valence-electron chi connectivity index (χ1n) is 5.00. The van der Waals surface area contributed by atoms with Crippen molar-refractivity contribution in [3.05, 3.63) is 40.6 Å². The largest absolute Gasteiger partial charge is 1.00 e. The second-order valence-corrected chi connectivity index (χ2v) is 3.59. The average molecular weight is 529 g/mol. The molecule has 17 heavy (non-hydrogen) atoms. The van der Waals surface area contributed by atoms with Gasteiger partial charge in [-0.3, -0.25) is 0 Å². The summed E-state index contributed by atoms with van der Waals surface area (Å²) >= 11 is 0. The molecule has 0 atom stereocenters. The summed E-state index contributed by atoms with van der Waals surface area (Å²) in [7, 11) is 0. The number of carbonyl (C=O) groups is 1. The van der Waals surface area contributed by atoms with Crippen LogP contribution in [0.4, 0.5) is 0 Å². The SMILES string of the molecule is CCCCc1cc(C)ccc1C([NH-])=O.[Br-].[Br-].[Hf]. The number of carbonyl (C=O) groups excluding carboxylic acids is 1. The Bertz CT molecular complexity index is 345. The summed E-state index contributed by atoms with van der Waals surface area (Å²) in [5.74, 6) is -0.573. The predicted octanol–water partition coefficient (Wildman–Crippen LogP) is -2.46. The zero-order chi connectivity index (χ0) is 10.6. The third-order valence-electron chi connectivity index (χ3n) is 2.31. The van der Waals surface area contributed by atoms with Crippen LogP contribution in [0.1, 0.15) is 41.3 Å². The van der Waals surface area contributed by atoms with E-state index < -0.39 is 5.91 Å². The summed E-state index contributed by atoms with van der Waals surface area (Å²) in [6.45, 7) is 4.13. The van der Waals surface area contributed by atoms with Gasteiger partial charge >= 0.3 is 0 Å². The molecular formula is C12H16Br2HfNO-3. The van der Waals surface area contributed by atoms with Crippen molar-refractivity contribution in [3.63, 3.8) is 0 Å². The Kier molecular flexibility index (Phi) is 15.5. The van der Waals surface area contributed by atoms with Gasteiger partial charge in [0.15, 0.2) is 0 Å². The van der Waals surface area contributed by atoms with Gasteiger partial charge in [0.1, 0.15) is 0 Å². The van der Waals surface area contributed by atoms with E-state index in [1.165, 1.54) is 0 Å². The van der Waals surface area contributed by atoms with Crippen molar-refractivity contribution in [3.8, 4) is 0 Å². The molecule has 2 nitrogen and oxygen atoms in total. The van der Waals surface area contributed by atoms with Crippen molar-refractivity contribution in [1.82, 2.24) is 0 Å². The molecule has 0 fully saturated rings. The molecule has 0 aliphatic rings. The van der Waals surface area contributed by atoms with Gasteiger partial charge in [-0.2, -0.15) is 0 Å². The molecule has 96 valence electrons. The van der Waals surface area contributed by atoms with Gasteiger partial charge in [-0.15, -0.1) is 0 Å². The molecule has 0 aliphatic heterocycles. The molecule has 1 aromatic rings. The van der Waals surface area contributed by atoms with Crippen LogP contribution in [0.25, 0.3) is 5.73 Å². The maximum Gasteiger partial charge on any atom is 0.0799 e. The van der Waals surface area contributed by atoms with Crippen molar-refractivity contribution in [1.29, 1.82) is 0 Å². The van der Waals surface area contributed by atoms with Crippen LogP contribution in [0.2, 0.25) is 0 Å². The monoisotopic (exact) mass is 528 g/mol. The quantitative estimate of drug-likeness (QED) is 0.400. The fourth-order valence-corrected chi connectivity index (χ4v) is 1.52. The molecule has 0 radical (unpaired) electrons. The predicted molar refractivity (Wildman–Crippen MR) is 58.4 cm³/mol. The van der Waals surface area contributed by atoms with Gasteiger partial charge in [0, 0.05) is 31.4 Å². The van der Waals surface area contributed by atoms with Crippen molar-refractivity contribution in [2.45, 2.75) is 33.1 Å². The summed E-state index contributed by atoms with van der Waals surface area (Å²) in [6.07, 6.45) is 3.08. The Morgan fingerprint density at radius 2 is 1.88 bits per heavy atom. The first-order chi connectivity index (χ1) is 6.65. The Morgan fingerprint density at radius 3 is 2.35 bits per heavy atom. The first kappa shape index (κ1) is 22.7. The number of unbranched alkanes of at least 4 members (excludes halogenated alkanes) is 1. The Balaban J connectivity index is -0.000000653. The standard InChI is InChI=1S/C12H17NO.2BrH.Hf/c1-3-4-5-10-8-9(2)6-7-11(10)12(13)14;;;/h6-8H,3-5H2,1-2H3,(H2,13,14);2*1H;/p-3. The molecule has 1 amide bonds. The van der Waals surface area contributed by atoms with E-state index in [0.29, 0.717) is 5.56 Å². The fraction of sp³-hybridized carbons (Fsp3) is 0.417. The van der Waals surface area contributed by atoms with Crippen LogP contribution in [-0.2, 0) is 32.3 Å². The molecule has 0 heterocycles. The number of amides is 1. The van der Waals surface area contributed by atoms with Crippen molar-refractivity contribution in [2.24, 2.45) is 0 Å². The molecule has 1 rings (SSSR count). The molecular weight excluding hydrogens is 512 g/mol. The molecule has 1 N–H and O–H groups in total. The molecule has 0 unspecified atom stereocenters. The second-order valence-electron chi connectivity index (χ2n) is 3.59. The number of hydrogen-bond donors (Lipinski definition) is 0. The van der Waals surface area contributed by atoms with Crippen LogP contribution < -0.4 is 34.0 Å². The van der Waals surface area contributed by atoms with Crippen molar-refractivity contribution in [2.75, 3.05) is 0 Å². The summed E-state index contributed by atoms with van der Waals surface area (Å²) in [5.41, 5.74) is 9.86. The molecule has 0 saturated carbocycles. The molecule has 0 spiro atoms. The van der Waals surface area contributed by atoms with Gasteiger partial charge in [-0.05, 0) is 25.3 Å². The van der Waals surface area contributed by atoms with E-state index in [9.17, 15) is 4.79 Å². The van der Waals surface area contributed by atoms with Gasteiger partial charge in [-0.25, -0.2) is 0 Å². The average Bonchev–Trinajstić information content (AvgIpc) is 2.14. The number of benzene rings is 1. The van der Waals surface area contributed by atoms with Crippen LogP contribution in [0, 0.1) is 6.92 Å². The second kappa shape index (κ2) is 11.6. The summed E-state index contributed by atoms with van der Waals surface area (Å²) in [5, 5.41) is 0. The number of aryl methyl sites for hydroxylation is 2. The van der Waals surface area contributed by atoms with Gasteiger partial charge < -0.3 is 44.5 Å². The molecule has 0 aliphatic carbocycles. The third-order valence-corrected chi connectivity index (χ3v) is 2.31. The molecule has 5 heteroatoms. The van der Waals surface area contributed by atoms with Crippen molar-refractivity contribution < 1.29 is 64.6 Å². The zero-order valence-electron chi connectivity index (χ0n) is 10.0. The van der Waals surface area contributed by atoms with Gasteiger partial charge in [0.05, 0.1) is 5.91 Å². The smallest absolute Gasteiger partial charge is 0.0799 e. The topological polar surface area (TPSA) is 40.9 Å². The maximum atomic E-state index is 11.0. The normalized spacial score (nSPS) is 8.35. The molecule has 0 aromatic heterocycles. The van der Waals surface area contributed by atoms with Crippen molar-refractivity contribution >= 4 is 5.91 Å². The Morgan fingerprint density at radius 1 is 1.29 bits per heavy atom. The molecule has 0 bridgehead atoms. The maximum absolute atomic E-state index is 11.0. The Labute approximate surface area is 143 Å². The zero-order valence-corrected chi connectivity index (χ0v) is 16.8. The van der Waals surface area contributed by atoms with E-state index in [0.717, 1.165) is 30.4 Å². The van der Waals surface area contributed by atoms with E-state index in [-0.39, 0.29) is 59.8 Å². The molecule has 1 aromatic carbocycles. The summed E-state index contributed by atoms with van der Waals surface area (Å²) in [4.78, 5) is 11.0. The minimum Gasteiger partial charge on any atom is -1.00 e. The molecule has 0 saturated heterocycles. The number of nitrogens with one attached hydrogen (secondary N) is 1. The summed E-state index contributed by atoms with van der Waals surface area (Å²) in [6, 6.07) is 5.66. The number of halogens is 2. The third kappa shape index (κ3) is 7.52. The van der Waals surface area contributed by atoms with Crippen LogP contribution in [0.3, 0.4) is 0 Å². The van der Waals surface area contributed by atoms with E-state index in [1.54, 1.807) is 6.07 Å². The number of hydrogen-bond acceptors (Lipinski definition) is 1. The van der Waals surface area contributed by atoms with Crippen LogP contribution in [0.15, 0.2) is 18.2 Å². The van der Waals surface area contributed by atoms with E-state index in [4.69, 9.17) is 5.73 Å². The first-order valence-corrected chi connectivity index (χ1v) is 5.00. The van der Waals surface area contributed by atoms with E-state index in [2.05, 4.69) is 6.92 Å². The van der Waals surface area contributed by atoms with Gasteiger partial charge in [-0.1, -0.05) is 37.1 Å². The van der Waals surface area contributed by atoms with Crippen LogP contribution >= 0.6 is 0 Å². The number of rotatable bonds is 4. The fourth-order valence-electron chi connectivity index (χ4n) is 1.52. The van der Waals surface area contributed by atoms with Gasteiger partial charge in [0.25, 0.3) is 0 Å². The van der Waals surface area contributed by atoms with Gasteiger partial charge in [0.2, 0.25) is 0 Å². The summed E-state index contributed by atoms with van der Waals surface area (Å²) < 4.78 is 0. The van der Waals surface area contributed by atoms with Crippen LogP contribution in [0.5, 0.6) is 0 Å². The Hall–Kier alpha value is 0.520.